The molecule has 3 nitrogen and oxygen atoms in total. The fraction of sp³-hybridized carbons (Fsp3) is 0.462. The Hall–Kier alpha value is -1.21. The van der Waals surface area contributed by atoms with Gasteiger partial charge in [0.05, 0.1) is 18.6 Å². The van der Waals surface area contributed by atoms with Crippen molar-refractivity contribution in [1.29, 1.82) is 5.26 Å². The van der Waals surface area contributed by atoms with Crippen molar-refractivity contribution in [3.8, 4) is 11.8 Å². The molecule has 0 aliphatic carbocycles. The number of nitriles is 1. The van der Waals surface area contributed by atoms with Gasteiger partial charge in [-0.05, 0) is 32.4 Å². The second-order valence-corrected chi connectivity index (χ2v) is 5.47. The molecule has 1 aromatic rings. The van der Waals surface area contributed by atoms with Crippen molar-refractivity contribution in [2.24, 2.45) is 5.41 Å². The second kappa shape index (κ2) is 5.92. The predicted molar refractivity (Wildman–Crippen MR) is 73.2 cm³/mol. The maximum Gasteiger partial charge on any atom is 0.122 e. The molecule has 0 fully saturated rings. The third-order valence-corrected chi connectivity index (χ3v) is 2.95. The van der Waals surface area contributed by atoms with Gasteiger partial charge in [0, 0.05) is 22.8 Å². The molecule has 1 rings (SSSR count). The largest absolute Gasteiger partial charge is 0.497 e. The summed E-state index contributed by atoms with van der Waals surface area (Å²) in [5.41, 5.74) is 0.702. The Labute approximate surface area is 111 Å². The summed E-state index contributed by atoms with van der Waals surface area (Å²) >= 11 is 3.43. The van der Waals surface area contributed by atoms with E-state index in [1.54, 1.807) is 7.11 Å². The van der Waals surface area contributed by atoms with Gasteiger partial charge in [0.25, 0.3) is 0 Å². The minimum atomic E-state index is -0.289. The highest BCUT2D eigenvalue weighted by Crippen LogP contribution is 2.25. The van der Waals surface area contributed by atoms with Crippen LogP contribution in [0.5, 0.6) is 5.75 Å². The van der Waals surface area contributed by atoms with Crippen LogP contribution in [-0.4, -0.2) is 13.7 Å². The SMILES string of the molecule is COc1cc(Br)cc(NCCC(C)(C)C#N)c1. The van der Waals surface area contributed by atoms with Crippen LogP contribution in [0.2, 0.25) is 0 Å². The van der Waals surface area contributed by atoms with Crippen molar-refractivity contribution in [3.63, 3.8) is 0 Å². The molecule has 0 spiro atoms. The van der Waals surface area contributed by atoms with Crippen molar-refractivity contribution in [3.05, 3.63) is 22.7 Å². The summed E-state index contributed by atoms with van der Waals surface area (Å²) in [6.45, 7) is 4.65. The van der Waals surface area contributed by atoms with E-state index in [0.29, 0.717) is 0 Å². The molecule has 0 aromatic heterocycles. The Kier molecular flexibility index (Phi) is 4.83. The molecule has 0 radical (unpaired) electrons. The summed E-state index contributed by atoms with van der Waals surface area (Å²) < 4.78 is 6.15. The number of anilines is 1. The van der Waals surface area contributed by atoms with Crippen molar-refractivity contribution in [2.75, 3.05) is 19.0 Å². The number of halogens is 1. The van der Waals surface area contributed by atoms with Crippen molar-refractivity contribution in [1.82, 2.24) is 0 Å². The lowest BCUT2D eigenvalue weighted by Crippen LogP contribution is -2.14. The summed E-state index contributed by atoms with van der Waals surface area (Å²) in [6, 6.07) is 8.12. The van der Waals surface area contributed by atoms with Crippen LogP contribution in [0, 0.1) is 16.7 Å². The normalized spacial score (nSPS) is 10.8. The van der Waals surface area contributed by atoms with E-state index in [2.05, 4.69) is 27.3 Å². The first-order valence-corrected chi connectivity index (χ1v) is 6.26. The number of benzene rings is 1. The highest BCUT2D eigenvalue weighted by atomic mass is 79.9. The van der Waals surface area contributed by atoms with E-state index in [-0.39, 0.29) is 5.41 Å². The van der Waals surface area contributed by atoms with Crippen molar-refractivity contribution < 1.29 is 4.74 Å². The summed E-state index contributed by atoms with van der Waals surface area (Å²) in [6.07, 6.45) is 0.804. The molecular weight excluding hydrogens is 280 g/mol. The minimum Gasteiger partial charge on any atom is -0.497 e. The van der Waals surface area contributed by atoms with Crippen LogP contribution in [0.3, 0.4) is 0 Å². The third kappa shape index (κ3) is 4.66. The molecule has 0 aliphatic rings. The van der Waals surface area contributed by atoms with Crippen LogP contribution >= 0.6 is 15.9 Å². The molecule has 0 aliphatic heterocycles. The van der Waals surface area contributed by atoms with Crippen molar-refractivity contribution in [2.45, 2.75) is 20.3 Å². The quantitative estimate of drug-likeness (QED) is 0.899. The predicted octanol–water partition coefficient (Wildman–Crippen LogP) is 3.81. The van der Waals surface area contributed by atoms with E-state index in [9.17, 15) is 0 Å². The topological polar surface area (TPSA) is 45.0 Å². The highest BCUT2D eigenvalue weighted by molar-refractivity contribution is 9.10. The Balaban J connectivity index is 2.58. The van der Waals surface area contributed by atoms with E-state index in [4.69, 9.17) is 10.00 Å². The molecule has 17 heavy (non-hydrogen) atoms. The first-order valence-electron chi connectivity index (χ1n) is 5.46. The number of hydrogen-bond acceptors (Lipinski definition) is 3. The zero-order chi connectivity index (χ0) is 12.9. The molecule has 0 saturated heterocycles. The summed E-state index contributed by atoms with van der Waals surface area (Å²) in [5.74, 6) is 0.807. The lowest BCUT2D eigenvalue weighted by atomic mass is 9.91. The van der Waals surface area contributed by atoms with Gasteiger partial charge in [-0.15, -0.1) is 0 Å². The summed E-state index contributed by atoms with van der Waals surface area (Å²) in [4.78, 5) is 0. The molecule has 0 heterocycles. The minimum absolute atomic E-state index is 0.289. The average Bonchev–Trinajstić information content (AvgIpc) is 2.28. The molecule has 0 saturated carbocycles. The zero-order valence-corrected chi connectivity index (χ0v) is 12.0. The number of rotatable bonds is 5. The van der Waals surface area contributed by atoms with Gasteiger partial charge in [-0.2, -0.15) is 5.26 Å². The Morgan fingerprint density at radius 3 is 2.71 bits per heavy atom. The monoisotopic (exact) mass is 296 g/mol. The average molecular weight is 297 g/mol. The van der Waals surface area contributed by atoms with Gasteiger partial charge in [-0.3, -0.25) is 0 Å². The van der Waals surface area contributed by atoms with E-state index in [1.165, 1.54) is 0 Å². The van der Waals surface area contributed by atoms with E-state index in [0.717, 1.165) is 28.9 Å². The van der Waals surface area contributed by atoms with Crippen LogP contribution in [0.1, 0.15) is 20.3 Å². The lowest BCUT2D eigenvalue weighted by Gasteiger charge is -2.16. The number of nitrogens with one attached hydrogen (secondary N) is 1. The number of nitrogens with zero attached hydrogens (tertiary/aromatic N) is 1. The number of hydrogen-bond donors (Lipinski definition) is 1. The van der Waals surface area contributed by atoms with Gasteiger partial charge in [0.2, 0.25) is 0 Å². The smallest absolute Gasteiger partial charge is 0.122 e. The molecule has 0 amide bonds. The van der Waals surface area contributed by atoms with Crippen LogP contribution in [0.15, 0.2) is 22.7 Å². The molecule has 92 valence electrons. The third-order valence-electron chi connectivity index (χ3n) is 2.49. The van der Waals surface area contributed by atoms with Crippen LogP contribution < -0.4 is 10.1 Å². The summed E-state index contributed by atoms with van der Waals surface area (Å²) in [5, 5.41) is 12.2. The molecule has 4 heteroatoms. The molecule has 0 unspecified atom stereocenters. The Bertz CT molecular complexity index is 424. The zero-order valence-electron chi connectivity index (χ0n) is 10.4. The lowest BCUT2D eigenvalue weighted by molar-refractivity contribution is 0.414. The molecule has 0 bridgehead atoms. The fourth-order valence-electron chi connectivity index (χ4n) is 1.36. The first-order chi connectivity index (χ1) is 7.96. The van der Waals surface area contributed by atoms with E-state index >= 15 is 0 Å². The van der Waals surface area contributed by atoms with Crippen LogP contribution in [-0.2, 0) is 0 Å². The maximum absolute atomic E-state index is 8.91. The molecular formula is C13H17BrN2O. The highest BCUT2D eigenvalue weighted by Gasteiger charge is 2.15. The second-order valence-electron chi connectivity index (χ2n) is 4.55. The Morgan fingerprint density at radius 1 is 1.41 bits per heavy atom. The number of ether oxygens (including phenoxy) is 1. The van der Waals surface area contributed by atoms with Crippen LogP contribution in [0.4, 0.5) is 5.69 Å². The van der Waals surface area contributed by atoms with Gasteiger partial charge in [0.1, 0.15) is 5.75 Å². The number of methoxy groups -OCH3 is 1. The van der Waals surface area contributed by atoms with Gasteiger partial charge in [-0.1, -0.05) is 15.9 Å². The van der Waals surface area contributed by atoms with E-state index in [1.807, 2.05) is 32.0 Å². The van der Waals surface area contributed by atoms with Crippen LogP contribution in [0.25, 0.3) is 0 Å². The standard InChI is InChI=1S/C13H17BrN2O/c1-13(2,9-15)4-5-16-11-6-10(14)7-12(8-11)17-3/h6-8,16H,4-5H2,1-3H3. The van der Waals surface area contributed by atoms with Crippen molar-refractivity contribution >= 4 is 21.6 Å². The maximum atomic E-state index is 8.91. The van der Waals surface area contributed by atoms with Gasteiger partial charge in [0.15, 0.2) is 0 Å². The van der Waals surface area contributed by atoms with Gasteiger partial charge < -0.3 is 10.1 Å². The first kappa shape index (κ1) is 13.9. The van der Waals surface area contributed by atoms with E-state index < -0.39 is 0 Å². The van der Waals surface area contributed by atoms with Gasteiger partial charge in [-0.25, -0.2) is 0 Å². The summed E-state index contributed by atoms with van der Waals surface area (Å²) in [7, 11) is 1.64. The molecule has 0 atom stereocenters. The van der Waals surface area contributed by atoms with Gasteiger partial charge >= 0.3 is 0 Å². The fourth-order valence-corrected chi connectivity index (χ4v) is 1.83. The Morgan fingerprint density at radius 2 is 2.12 bits per heavy atom. The molecule has 1 N–H and O–H groups in total. The molecule has 1 aromatic carbocycles.